The minimum atomic E-state index is 0.888. The number of benzene rings is 1. The third-order valence-electron chi connectivity index (χ3n) is 3.00. The van der Waals surface area contributed by atoms with Crippen LogP contribution in [0.1, 0.15) is 18.2 Å². The number of rotatable bonds is 5. The lowest BCUT2D eigenvalue weighted by Gasteiger charge is -1.99. The lowest BCUT2D eigenvalue weighted by Crippen LogP contribution is -2.12. The largest absolute Gasteiger partial charge is 0.312 e. The van der Waals surface area contributed by atoms with E-state index in [0.29, 0.717) is 0 Å². The van der Waals surface area contributed by atoms with Crippen molar-refractivity contribution in [2.75, 3.05) is 6.54 Å². The lowest BCUT2D eigenvalue weighted by atomic mass is 10.2. The first-order chi connectivity index (χ1) is 9.86. The van der Waals surface area contributed by atoms with Gasteiger partial charge in [0.1, 0.15) is 5.01 Å². The van der Waals surface area contributed by atoms with Crippen LogP contribution in [0.2, 0.25) is 0 Å². The van der Waals surface area contributed by atoms with E-state index < -0.39 is 0 Å². The molecule has 0 unspecified atom stereocenters. The van der Waals surface area contributed by atoms with Crippen LogP contribution in [0.4, 0.5) is 0 Å². The minimum Gasteiger partial charge on any atom is -0.312 e. The first kappa shape index (κ1) is 13.1. The molecule has 1 N–H and O–H groups in total. The topological polar surface area (TPSA) is 50.7 Å². The van der Waals surface area contributed by atoms with Gasteiger partial charge in [0.2, 0.25) is 0 Å². The Hall–Kier alpha value is -1.85. The molecule has 0 radical (unpaired) electrons. The molecule has 0 saturated carbocycles. The second-order valence-corrected chi connectivity index (χ2v) is 5.68. The summed E-state index contributed by atoms with van der Waals surface area (Å²) < 4.78 is 0. The zero-order valence-electron chi connectivity index (χ0n) is 11.3. The summed E-state index contributed by atoms with van der Waals surface area (Å²) in [6.45, 7) is 4.10. The molecule has 3 rings (SSSR count). The summed E-state index contributed by atoms with van der Waals surface area (Å²) in [6, 6.07) is 6.09. The molecule has 2 heterocycles. The van der Waals surface area contributed by atoms with Crippen LogP contribution < -0.4 is 5.32 Å². The molecular formula is C15H16N4S. The molecule has 5 heteroatoms. The van der Waals surface area contributed by atoms with Gasteiger partial charge in [0.15, 0.2) is 0 Å². The standard InChI is InChI=1S/C15H16N4S/c1-2-5-16-9-12-10-19-15(20-12)11-3-4-13-14(8-11)18-7-6-17-13/h3-4,6-8,10,16H,2,5,9H2,1H3. The minimum absolute atomic E-state index is 0.888. The maximum absolute atomic E-state index is 4.50. The van der Waals surface area contributed by atoms with Crippen molar-refractivity contribution in [1.82, 2.24) is 20.3 Å². The molecule has 3 aromatic rings. The average molecular weight is 284 g/mol. The molecule has 102 valence electrons. The molecule has 0 aliphatic heterocycles. The van der Waals surface area contributed by atoms with E-state index in [4.69, 9.17) is 0 Å². The maximum Gasteiger partial charge on any atom is 0.123 e. The van der Waals surface area contributed by atoms with Gasteiger partial charge in [-0.2, -0.15) is 0 Å². The van der Waals surface area contributed by atoms with Gasteiger partial charge < -0.3 is 5.32 Å². The molecular weight excluding hydrogens is 268 g/mol. The van der Waals surface area contributed by atoms with E-state index >= 15 is 0 Å². The van der Waals surface area contributed by atoms with E-state index in [-0.39, 0.29) is 0 Å². The summed E-state index contributed by atoms with van der Waals surface area (Å²) in [5.41, 5.74) is 2.92. The van der Waals surface area contributed by atoms with E-state index in [1.54, 1.807) is 23.7 Å². The highest BCUT2D eigenvalue weighted by atomic mass is 32.1. The lowest BCUT2D eigenvalue weighted by molar-refractivity contribution is 0.681. The van der Waals surface area contributed by atoms with Crippen molar-refractivity contribution in [3.05, 3.63) is 41.7 Å². The van der Waals surface area contributed by atoms with Gasteiger partial charge in [0, 0.05) is 35.6 Å². The summed E-state index contributed by atoms with van der Waals surface area (Å²) >= 11 is 1.72. The third-order valence-corrected chi connectivity index (χ3v) is 4.04. The Morgan fingerprint density at radius 1 is 1.10 bits per heavy atom. The quantitative estimate of drug-likeness (QED) is 0.731. The molecule has 0 atom stereocenters. The van der Waals surface area contributed by atoms with Crippen LogP contribution in [0.25, 0.3) is 21.6 Å². The van der Waals surface area contributed by atoms with Crippen LogP contribution in [0.5, 0.6) is 0 Å². The number of thiazole rings is 1. The first-order valence-corrected chi connectivity index (χ1v) is 7.55. The predicted molar refractivity (Wildman–Crippen MR) is 82.6 cm³/mol. The number of hydrogen-bond donors (Lipinski definition) is 1. The maximum atomic E-state index is 4.50. The van der Waals surface area contributed by atoms with E-state index in [0.717, 1.165) is 41.1 Å². The summed E-state index contributed by atoms with van der Waals surface area (Å²) in [6.07, 6.45) is 6.52. The second kappa shape index (κ2) is 6.07. The molecule has 0 fully saturated rings. The average Bonchev–Trinajstić information content (AvgIpc) is 2.96. The number of hydrogen-bond acceptors (Lipinski definition) is 5. The Morgan fingerprint density at radius 2 is 1.95 bits per heavy atom. The van der Waals surface area contributed by atoms with Crippen molar-refractivity contribution in [3.63, 3.8) is 0 Å². The zero-order valence-corrected chi connectivity index (χ0v) is 12.2. The molecule has 1 aromatic carbocycles. The van der Waals surface area contributed by atoms with Gasteiger partial charge in [-0.3, -0.25) is 9.97 Å². The van der Waals surface area contributed by atoms with Crippen molar-refractivity contribution < 1.29 is 0 Å². The van der Waals surface area contributed by atoms with Crippen molar-refractivity contribution in [1.29, 1.82) is 0 Å². The van der Waals surface area contributed by atoms with E-state index in [1.165, 1.54) is 4.88 Å². The van der Waals surface area contributed by atoms with Gasteiger partial charge in [0.25, 0.3) is 0 Å². The highest BCUT2D eigenvalue weighted by Gasteiger charge is 2.06. The molecule has 20 heavy (non-hydrogen) atoms. The predicted octanol–water partition coefficient (Wildman–Crippen LogP) is 3.25. The van der Waals surface area contributed by atoms with Crippen molar-refractivity contribution in [2.24, 2.45) is 0 Å². The highest BCUT2D eigenvalue weighted by molar-refractivity contribution is 7.15. The molecule has 0 aliphatic rings. The molecule has 4 nitrogen and oxygen atoms in total. The van der Waals surface area contributed by atoms with E-state index in [1.807, 2.05) is 18.3 Å². The van der Waals surface area contributed by atoms with Crippen LogP contribution in [0.3, 0.4) is 0 Å². The fraction of sp³-hybridized carbons (Fsp3) is 0.267. The molecule has 0 spiro atoms. The monoisotopic (exact) mass is 284 g/mol. The van der Waals surface area contributed by atoms with Gasteiger partial charge in [-0.25, -0.2) is 4.98 Å². The third kappa shape index (κ3) is 2.84. The second-order valence-electron chi connectivity index (χ2n) is 4.57. The van der Waals surface area contributed by atoms with Crippen LogP contribution >= 0.6 is 11.3 Å². The van der Waals surface area contributed by atoms with Crippen molar-refractivity contribution >= 4 is 22.4 Å². The van der Waals surface area contributed by atoms with Crippen LogP contribution in [0.15, 0.2) is 36.8 Å². The van der Waals surface area contributed by atoms with Gasteiger partial charge in [-0.15, -0.1) is 11.3 Å². The Labute approximate surface area is 121 Å². The normalized spacial score (nSPS) is 11.1. The number of aromatic nitrogens is 3. The summed E-state index contributed by atoms with van der Waals surface area (Å²) in [4.78, 5) is 14.4. The summed E-state index contributed by atoms with van der Waals surface area (Å²) in [5.74, 6) is 0. The highest BCUT2D eigenvalue weighted by Crippen LogP contribution is 2.26. The molecule has 0 amide bonds. The zero-order chi connectivity index (χ0) is 13.8. The van der Waals surface area contributed by atoms with E-state index in [2.05, 4.69) is 33.3 Å². The fourth-order valence-electron chi connectivity index (χ4n) is 2.01. The van der Waals surface area contributed by atoms with Crippen LogP contribution in [-0.4, -0.2) is 21.5 Å². The van der Waals surface area contributed by atoms with Crippen LogP contribution in [0, 0.1) is 0 Å². The van der Waals surface area contributed by atoms with E-state index in [9.17, 15) is 0 Å². The van der Waals surface area contributed by atoms with Gasteiger partial charge in [-0.1, -0.05) is 6.92 Å². The summed E-state index contributed by atoms with van der Waals surface area (Å²) in [5, 5.41) is 4.43. The van der Waals surface area contributed by atoms with Crippen LogP contribution in [-0.2, 0) is 6.54 Å². The Morgan fingerprint density at radius 3 is 2.80 bits per heavy atom. The smallest absolute Gasteiger partial charge is 0.123 e. The molecule has 2 aromatic heterocycles. The fourth-order valence-corrected chi connectivity index (χ4v) is 2.89. The number of nitrogens with one attached hydrogen (secondary N) is 1. The van der Waals surface area contributed by atoms with Gasteiger partial charge >= 0.3 is 0 Å². The Bertz CT molecular complexity index is 708. The van der Waals surface area contributed by atoms with Gasteiger partial charge in [0.05, 0.1) is 11.0 Å². The Kier molecular flexibility index (Phi) is 3.99. The number of fused-ring (bicyclic) bond motifs is 1. The molecule has 0 aliphatic carbocycles. The van der Waals surface area contributed by atoms with Crippen molar-refractivity contribution in [2.45, 2.75) is 19.9 Å². The Balaban J connectivity index is 1.83. The first-order valence-electron chi connectivity index (χ1n) is 6.73. The van der Waals surface area contributed by atoms with Crippen molar-refractivity contribution in [3.8, 4) is 10.6 Å². The summed E-state index contributed by atoms with van der Waals surface area (Å²) in [7, 11) is 0. The molecule has 0 saturated heterocycles. The molecule has 0 bridgehead atoms. The number of nitrogens with zero attached hydrogens (tertiary/aromatic N) is 3. The van der Waals surface area contributed by atoms with Gasteiger partial charge in [-0.05, 0) is 31.2 Å². The SMILES string of the molecule is CCCNCc1cnc(-c2ccc3nccnc3c2)s1.